The Morgan fingerprint density at radius 1 is 1.14 bits per heavy atom. The van der Waals surface area contributed by atoms with E-state index in [-0.39, 0.29) is 18.7 Å². The fourth-order valence-corrected chi connectivity index (χ4v) is 2.03. The number of carboxylic acids is 1. The molecule has 0 aliphatic carbocycles. The maximum absolute atomic E-state index is 12.1. The number of nitrogens with two attached hydrogens (primary N) is 1. The molecule has 0 unspecified atom stereocenters. The molecule has 2 atom stereocenters. The smallest absolute Gasteiger partial charge is 0.326 e. The van der Waals surface area contributed by atoms with Crippen LogP contribution in [0.4, 0.5) is 0 Å². The highest BCUT2D eigenvalue weighted by Gasteiger charge is 2.25. The Kier molecular flexibility index (Phi) is 7.41. The number of carboxylic acid groups (broad SMARTS) is 1. The van der Waals surface area contributed by atoms with Crippen LogP contribution in [-0.2, 0) is 20.8 Å². The minimum absolute atomic E-state index is 0.0370. The van der Waals surface area contributed by atoms with Crippen molar-refractivity contribution in [2.45, 2.75) is 18.5 Å². The lowest BCUT2D eigenvalue weighted by atomic mass is 10.1. The standard InChI is InChI=1S/C14H19N3O4S/c15-7-12(18)16-11(8-22)13(19)17-10(14(20)21)6-9-4-2-1-3-5-9/h1-5,10-11,22H,6-8,15H2,(H,16,18)(H,17,19)(H,20,21)/t10-,11+/m0/s1. The van der Waals surface area contributed by atoms with E-state index in [4.69, 9.17) is 5.73 Å². The predicted octanol–water partition coefficient (Wildman–Crippen LogP) is -0.828. The minimum atomic E-state index is -1.15. The summed E-state index contributed by atoms with van der Waals surface area (Å²) in [5.74, 6) is -2.24. The third-order valence-electron chi connectivity index (χ3n) is 2.92. The van der Waals surface area contributed by atoms with Crippen molar-refractivity contribution in [3.63, 3.8) is 0 Å². The molecule has 0 fully saturated rings. The summed E-state index contributed by atoms with van der Waals surface area (Å²) < 4.78 is 0. The maximum atomic E-state index is 12.1. The monoisotopic (exact) mass is 325 g/mol. The van der Waals surface area contributed by atoms with Gasteiger partial charge in [0.25, 0.3) is 0 Å². The number of aliphatic carboxylic acids is 1. The van der Waals surface area contributed by atoms with Gasteiger partial charge in [-0.15, -0.1) is 0 Å². The summed E-state index contributed by atoms with van der Waals surface area (Å²) in [6.07, 6.45) is 0.145. The highest BCUT2D eigenvalue weighted by Crippen LogP contribution is 2.04. The number of hydrogen-bond acceptors (Lipinski definition) is 5. The van der Waals surface area contributed by atoms with Gasteiger partial charge in [0.2, 0.25) is 11.8 Å². The first-order chi connectivity index (χ1) is 10.5. The molecule has 0 aliphatic rings. The summed E-state index contributed by atoms with van der Waals surface area (Å²) in [6, 6.07) is 6.91. The van der Waals surface area contributed by atoms with Crippen molar-refractivity contribution in [2.75, 3.05) is 12.3 Å². The highest BCUT2D eigenvalue weighted by atomic mass is 32.1. The molecule has 7 nitrogen and oxygen atoms in total. The molecule has 0 saturated heterocycles. The van der Waals surface area contributed by atoms with Crippen LogP contribution in [0.25, 0.3) is 0 Å². The molecule has 22 heavy (non-hydrogen) atoms. The Morgan fingerprint density at radius 2 is 1.77 bits per heavy atom. The average molecular weight is 325 g/mol. The first-order valence-corrected chi connectivity index (χ1v) is 7.28. The second kappa shape index (κ2) is 9.06. The van der Waals surface area contributed by atoms with Gasteiger partial charge in [-0.25, -0.2) is 4.79 Å². The molecule has 0 heterocycles. The number of nitrogens with one attached hydrogen (secondary N) is 2. The molecular formula is C14H19N3O4S. The van der Waals surface area contributed by atoms with Gasteiger partial charge in [0.05, 0.1) is 6.54 Å². The Labute approximate surface area is 133 Å². The van der Waals surface area contributed by atoms with Crippen LogP contribution in [0.2, 0.25) is 0 Å². The van der Waals surface area contributed by atoms with Crippen molar-refractivity contribution in [2.24, 2.45) is 5.73 Å². The zero-order chi connectivity index (χ0) is 16.5. The van der Waals surface area contributed by atoms with Crippen molar-refractivity contribution >= 4 is 30.4 Å². The predicted molar refractivity (Wildman–Crippen MR) is 84.6 cm³/mol. The zero-order valence-corrected chi connectivity index (χ0v) is 12.8. The fourth-order valence-electron chi connectivity index (χ4n) is 1.77. The molecule has 0 bridgehead atoms. The van der Waals surface area contributed by atoms with E-state index in [1.165, 1.54) is 0 Å². The molecule has 0 spiro atoms. The molecule has 1 aromatic rings. The van der Waals surface area contributed by atoms with E-state index in [1.807, 2.05) is 6.07 Å². The number of rotatable bonds is 8. The number of carbonyl (C=O) groups is 3. The lowest BCUT2D eigenvalue weighted by Gasteiger charge is -2.20. The van der Waals surface area contributed by atoms with Crippen LogP contribution >= 0.6 is 12.6 Å². The number of benzene rings is 1. The van der Waals surface area contributed by atoms with E-state index in [1.54, 1.807) is 24.3 Å². The van der Waals surface area contributed by atoms with Gasteiger partial charge >= 0.3 is 5.97 Å². The van der Waals surface area contributed by atoms with E-state index < -0.39 is 29.9 Å². The topological polar surface area (TPSA) is 122 Å². The van der Waals surface area contributed by atoms with Gasteiger partial charge in [-0.05, 0) is 5.56 Å². The Morgan fingerprint density at radius 3 is 2.27 bits per heavy atom. The molecule has 5 N–H and O–H groups in total. The van der Waals surface area contributed by atoms with Crippen LogP contribution in [0.15, 0.2) is 30.3 Å². The normalized spacial score (nSPS) is 13.0. The zero-order valence-electron chi connectivity index (χ0n) is 11.9. The third-order valence-corrected chi connectivity index (χ3v) is 3.28. The first kappa shape index (κ1) is 18.0. The average Bonchev–Trinajstić information content (AvgIpc) is 2.52. The van der Waals surface area contributed by atoms with E-state index in [0.717, 1.165) is 5.56 Å². The van der Waals surface area contributed by atoms with Crippen molar-refractivity contribution in [1.29, 1.82) is 0 Å². The molecule has 0 saturated carbocycles. The molecule has 0 radical (unpaired) electrons. The van der Waals surface area contributed by atoms with Gasteiger partial charge in [-0.2, -0.15) is 12.6 Å². The van der Waals surface area contributed by atoms with Gasteiger partial charge in [0.1, 0.15) is 12.1 Å². The maximum Gasteiger partial charge on any atom is 0.326 e. The molecule has 120 valence electrons. The van der Waals surface area contributed by atoms with E-state index >= 15 is 0 Å². The van der Waals surface area contributed by atoms with E-state index in [9.17, 15) is 19.5 Å². The molecule has 0 aromatic heterocycles. The molecule has 8 heteroatoms. The van der Waals surface area contributed by atoms with Crippen LogP contribution in [0.1, 0.15) is 5.56 Å². The Hall–Kier alpha value is -2.06. The van der Waals surface area contributed by atoms with Crippen LogP contribution < -0.4 is 16.4 Å². The van der Waals surface area contributed by atoms with Crippen molar-refractivity contribution < 1.29 is 19.5 Å². The van der Waals surface area contributed by atoms with Crippen LogP contribution in [0, 0.1) is 0 Å². The largest absolute Gasteiger partial charge is 0.480 e. The third kappa shape index (κ3) is 5.74. The summed E-state index contributed by atoms with van der Waals surface area (Å²) in [6.45, 7) is -0.260. The van der Waals surface area contributed by atoms with Gasteiger partial charge < -0.3 is 21.5 Å². The number of carbonyl (C=O) groups excluding carboxylic acids is 2. The number of amides is 2. The van der Waals surface area contributed by atoms with Crippen molar-refractivity contribution in [3.05, 3.63) is 35.9 Å². The van der Waals surface area contributed by atoms with E-state index in [2.05, 4.69) is 23.3 Å². The summed E-state index contributed by atoms with van der Waals surface area (Å²) >= 11 is 3.98. The van der Waals surface area contributed by atoms with Gasteiger partial charge in [-0.1, -0.05) is 30.3 Å². The highest BCUT2D eigenvalue weighted by molar-refractivity contribution is 7.80. The van der Waals surface area contributed by atoms with Crippen molar-refractivity contribution in [1.82, 2.24) is 10.6 Å². The quantitative estimate of drug-likeness (QED) is 0.400. The van der Waals surface area contributed by atoms with E-state index in [0.29, 0.717) is 0 Å². The SMILES string of the molecule is NCC(=O)N[C@H](CS)C(=O)N[C@@H](Cc1ccccc1)C(=O)O. The lowest BCUT2D eigenvalue weighted by Crippen LogP contribution is -2.53. The molecule has 1 aromatic carbocycles. The van der Waals surface area contributed by atoms with Crippen LogP contribution in [0.3, 0.4) is 0 Å². The van der Waals surface area contributed by atoms with Gasteiger partial charge in [0.15, 0.2) is 0 Å². The summed E-state index contributed by atoms with van der Waals surface area (Å²) in [5.41, 5.74) is 5.95. The number of hydrogen-bond donors (Lipinski definition) is 5. The molecule has 0 aliphatic heterocycles. The second-order valence-corrected chi connectivity index (χ2v) is 4.96. The minimum Gasteiger partial charge on any atom is -0.480 e. The lowest BCUT2D eigenvalue weighted by molar-refractivity contribution is -0.142. The van der Waals surface area contributed by atoms with Gasteiger partial charge in [-0.3, -0.25) is 9.59 Å². The number of thiol groups is 1. The second-order valence-electron chi connectivity index (χ2n) is 4.60. The van der Waals surface area contributed by atoms with Crippen LogP contribution in [0.5, 0.6) is 0 Å². The molecular weight excluding hydrogens is 306 g/mol. The Bertz CT molecular complexity index is 524. The summed E-state index contributed by atoms with van der Waals surface area (Å²) in [4.78, 5) is 34.6. The molecule has 1 rings (SSSR count). The molecule has 2 amide bonds. The summed E-state index contributed by atoms with van der Waals surface area (Å²) in [7, 11) is 0. The summed E-state index contributed by atoms with van der Waals surface area (Å²) in [5, 5.41) is 14.0. The fraction of sp³-hybridized carbons (Fsp3) is 0.357. The van der Waals surface area contributed by atoms with Crippen molar-refractivity contribution in [3.8, 4) is 0 Å². The first-order valence-electron chi connectivity index (χ1n) is 6.65. The van der Waals surface area contributed by atoms with Crippen LogP contribution in [-0.4, -0.2) is 47.3 Å². The van der Waals surface area contributed by atoms with Gasteiger partial charge in [0, 0.05) is 12.2 Å². The Balaban J connectivity index is 2.71.